The van der Waals surface area contributed by atoms with Gasteiger partial charge in [0.1, 0.15) is 5.75 Å². The van der Waals surface area contributed by atoms with E-state index in [9.17, 15) is 9.59 Å². The van der Waals surface area contributed by atoms with E-state index in [1.165, 1.54) is 9.58 Å². The summed E-state index contributed by atoms with van der Waals surface area (Å²) in [4.78, 5) is 26.9. The summed E-state index contributed by atoms with van der Waals surface area (Å²) < 4.78 is 6.72. The summed E-state index contributed by atoms with van der Waals surface area (Å²) in [5.41, 5.74) is 0.540. The fourth-order valence-electron chi connectivity index (χ4n) is 2.89. The maximum absolute atomic E-state index is 13.0. The molecular weight excluding hydrogens is 356 g/mol. The highest BCUT2D eigenvalue weighted by Gasteiger charge is 2.17. The van der Waals surface area contributed by atoms with Gasteiger partial charge in [0, 0.05) is 5.39 Å². The first-order valence-corrected chi connectivity index (χ1v) is 9.33. The Balaban J connectivity index is 2.05. The van der Waals surface area contributed by atoms with Crippen LogP contribution >= 0.6 is 0 Å². The van der Waals surface area contributed by atoms with Crippen LogP contribution < -0.4 is 20.5 Å². The Bertz CT molecular complexity index is 1030. The molecule has 2 N–H and O–H groups in total. The van der Waals surface area contributed by atoms with Crippen LogP contribution in [-0.2, 0) is 0 Å². The second kappa shape index (κ2) is 8.67. The molecule has 1 aromatic heterocycles. The first kappa shape index (κ1) is 19.6. The van der Waals surface area contributed by atoms with Gasteiger partial charge < -0.3 is 15.0 Å². The molecule has 1 amide bonds. The average molecular weight is 381 g/mol. The second-order valence-corrected chi connectivity index (χ2v) is 6.75. The second-order valence-electron chi connectivity index (χ2n) is 6.75. The first-order chi connectivity index (χ1) is 13.5. The fourth-order valence-corrected chi connectivity index (χ4v) is 2.89. The van der Waals surface area contributed by atoms with E-state index in [1.807, 2.05) is 21.0 Å². The molecule has 1 heterocycles. The molecule has 0 bridgehead atoms. The van der Waals surface area contributed by atoms with Crippen LogP contribution in [0.5, 0.6) is 5.75 Å². The van der Waals surface area contributed by atoms with Crippen LogP contribution in [0.15, 0.2) is 53.3 Å². The lowest BCUT2D eigenvalue weighted by molar-refractivity contribution is -0.856. The van der Waals surface area contributed by atoms with Crippen LogP contribution in [-0.4, -0.2) is 49.5 Å². The maximum Gasteiger partial charge on any atom is 0.279 e. The predicted molar refractivity (Wildman–Crippen MR) is 109 cm³/mol. The summed E-state index contributed by atoms with van der Waals surface area (Å²) in [6, 6.07) is 14.1. The van der Waals surface area contributed by atoms with Crippen molar-refractivity contribution in [3.63, 3.8) is 0 Å². The molecule has 0 atom stereocenters. The summed E-state index contributed by atoms with van der Waals surface area (Å²) in [7, 11) is 4.04. The van der Waals surface area contributed by atoms with Gasteiger partial charge in [-0.3, -0.25) is 9.59 Å². The minimum Gasteiger partial charge on any atom is -0.494 e. The number of aromatic nitrogens is 2. The Morgan fingerprint density at radius 2 is 1.79 bits per heavy atom. The molecule has 0 radical (unpaired) electrons. The molecule has 0 fully saturated rings. The number of amides is 1. The Morgan fingerprint density at radius 1 is 1.11 bits per heavy atom. The minimum absolute atomic E-state index is 0.234. The van der Waals surface area contributed by atoms with Crippen LogP contribution in [0.3, 0.4) is 0 Å². The molecule has 0 saturated heterocycles. The molecule has 0 unspecified atom stereocenters. The highest BCUT2D eigenvalue weighted by molar-refractivity contribution is 6.04. The zero-order valence-corrected chi connectivity index (χ0v) is 16.4. The van der Waals surface area contributed by atoms with Crippen LogP contribution in [0.1, 0.15) is 17.4 Å². The van der Waals surface area contributed by atoms with Gasteiger partial charge in [-0.05, 0) is 37.3 Å². The molecule has 3 rings (SSSR count). The Morgan fingerprint density at radius 3 is 2.43 bits per heavy atom. The van der Waals surface area contributed by atoms with E-state index < -0.39 is 0 Å². The SMILES string of the molecule is CCOc1ccc(-n2nc(C(=O)NCC[NH+](C)C)c3ccccc3c2=O)cc1. The topological polar surface area (TPSA) is 77.7 Å². The molecular formula is C21H25N4O3+. The third-order valence-electron chi connectivity index (χ3n) is 4.32. The van der Waals surface area contributed by atoms with Crippen LogP contribution in [0.4, 0.5) is 0 Å². The van der Waals surface area contributed by atoms with Gasteiger partial charge in [-0.2, -0.15) is 9.78 Å². The van der Waals surface area contributed by atoms with Gasteiger partial charge in [0.15, 0.2) is 5.69 Å². The van der Waals surface area contributed by atoms with E-state index in [4.69, 9.17) is 4.74 Å². The van der Waals surface area contributed by atoms with Crippen LogP contribution in [0, 0.1) is 0 Å². The molecule has 2 aromatic carbocycles. The molecule has 3 aromatic rings. The van der Waals surface area contributed by atoms with Gasteiger partial charge in [-0.15, -0.1) is 0 Å². The zero-order valence-electron chi connectivity index (χ0n) is 16.4. The number of likely N-dealkylation sites (N-methyl/N-ethyl adjacent to an activating group) is 1. The monoisotopic (exact) mass is 381 g/mol. The third kappa shape index (κ3) is 4.20. The van der Waals surface area contributed by atoms with E-state index in [1.54, 1.807) is 48.5 Å². The summed E-state index contributed by atoms with van der Waals surface area (Å²) in [5, 5.41) is 8.28. The number of hydrogen-bond donors (Lipinski definition) is 2. The number of rotatable bonds is 7. The fraction of sp³-hybridized carbons (Fsp3) is 0.286. The standard InChI is InChI=1S/C21H24N4O3/c1-4-28-16-11-9-15(10-12-16)25-21(27)18-8-6-5-7-17(18)19(23-25)20(26)22-13-14-24(2)3/h5-12H,4,13-14H2,1-3H3,(H,22,26)/p+1. The van der Waals surface area contributed by atoms with Gasteiger partial charge in [0.25, 0.3) is 11.5 Å². The summed E-state index contributed by atoms with van der Waals surface area (Å²) in [6.07, 6.45) is 0. The number of nitrogens with zero attached hydrogens (tertiary/aromatic N) is 2. The highest BCUT2D eigenvalue weighted by Crippen LogP contribution is 2.17. The number of quaternary nitrogens is 1. The number of fused-ring (bicyclic) bond motifs is 1. The van der Waals surface area contributed by atoms with Crippen molar-refractivity contribution in [2.24, 2.45) is 0 Å². The van der Waals surface area contributed by atoms with Crippen LogP contribution in [0.2, 0.25) is 0 Å². The Hall–Kier alpha value is -3.19. The normalized spacial score (nSPS) is 11.0. The third-order valence-corrected chi connectivity index (χ3v) is 4.32. The van der Waals surface area contributed by atoms with E-state index in [0.717, 1.165) is 6.54 Å². The Labute approximate surface area is 163 Å². The maximum atomic E-state index is 13.0. The predicted octanol–water partition coefficient (Wildman–Crippen LogP) is 0.659. The molecule has 146 valence electrons. The van der Waals surface area contributed by atoms with E-state index in [0.29, 0.717) is 35.4 Å². The van der Waals surface area contributed by atoms with E-state index >= 15 is 0 Å². The van der Waals surface area contributed by atoms with Crippen molar-refractivity contribution < 1.29 is 14.4 Å². The molecule has 0 spiro atoms. The molecule has 7 nitrogen and oxygen atoms in total. The van der Waals surface area contributed by atoms with Crippen molar-refractivity contribution in [1.82, 2.24) is 15.1 Å². The largest absolute Gasteiger partial charge is 0.494 e. The highest BCUT2D eigenvalue weighted by atomic mass is 16.5. The van der Waals surface area contributed by atoms with E-state index in [-0.39, 0.29) is 17.2 Å². The van der Waals surface area contributed by atoms with Gasteiger partial charge in [-0.25, -0.2) is 0 Å². The molecule has 0 aliphatic rings. The number of ether oxygens (including phenoxy) is 1. The van der Waals surface area contributed by atoms with Crippen molar-refractivity contribution in [3.05, 3.63) is 64.6 Å². The molecule has 7 heteroatoms. The van der Waals surface area contributed by atoms with Crippen molar-refractivity contribution in [3.8, 4) is 11.4 Å². The quantitative estimate of drug-likeness (QED) is 0.630. The number of hydrogen-bond acceptors (Lipinski definition) is 4. The minimum atomic E-state index is -0.294. The lowest BCUT2D eigenvalue weighted by Gasteiger charge is -2.12. The molecule has 0 aliphatic carbocycles. The first-order valence-electron chi connectivity index (χ1n) is 9.33. The van der Waals surface area contributed by atoms with Gasteiger partial charge in [-0.1, -0.05) is 18.2 Å². The summed E-state index contributed by atoms with van der Waals surface area (Å²) >= 11 is 0. The van der Waals surface area contributed by atoms with Crippen molar-refractivity contribution in [2.45, 2.75) is 6.92 Å². The smallest absolute Gasteiger partial charge is 0.279 e. The number of nitrogens with one attached hydrogen (secondary N) is 2. The van der Waals surface area contributed by atoms with Crippen molar-refractivity contribution >= 4 is 16.7 Å². The lowest BCUT2D eigenvalue weighted by atomic mass is 10.1. The van der Waals surface area contributed by atoms with Gasteiger partial charge in [0.05, 0.1) is 44.9 Å². The van der Waals surface area contributed by atoms with Crippen LogP contribution in [0.25, 0.3) is 16.5 Å². The molecule has 0 saturated carbocycles. The average Bonchev–Trinajstić information content (AvgIpc) is 2.69. The zero-order chi connectivity index (χ0) is 20.1. The van der Waals surface area contributed by atoms with Crippen molar-refractivity contribution in [1.29, 1.82) is 0 Å². The van der Waals surface area contributed by atoms with Gasteiger partial charge in [0.2, 0.25) is 0 Å². The van der Waals surface area contributed by atoms with Crippen molar-refractivity contribution in [2.75, 3.05) is 33.8 Å². The number of benzene rings is 2. The van der Waals surface area contributed by atoms with E-state index in [2.05, 4.69) is 10.4 Å². The molecule has 0 aliphatic heterocycles. The number of carbonyl (C=O) groups is 1. The lowest BCUT2D eigenvalue weighted by Crippen LogP contribution is -3.06. The summed E-state index contributed by atoms with van der Waals surface area (Å²) in [5.74, 6) is 0.418. The summed E-state index contributed by atoms with van der Waals surface area (Å²) in [6.45, 7) is 3.79. The Kier molecular flexibility index (Phi) is 6.06. The van der Waals surface area contributed by atoms with Gasteiger partial charge >= 0.3 is 0 Å². The number of carbonyl (C=O) groups excluding carboxylic acids is 1. The molecule has 28 heavy (non-hydrogen) atoms.